The summed E-state index contributed by atoms with van der Waals surface area (Å²) in [5.41, 5.74) is 0.524. The van der Waals surface area contributed by atoms with Crippen LogP contribution in [0.4, 0.5) is 13.6 Å². The van der Waals surface area contributed by atoms with Gasteiger partial charge in [0.2, 0.25) is 0 Å². The lowest BCUT2D eigenvalue weighted by molar-refractivity contribution is -0.115. The fourth-order valence-electron chi connectivity index (χ4n) is 1.54. The van der Waals surface area contributed by atoms with Crippen molar-refractivity contribution >= 4 is 29.0 Å². The number of rotatable bonds is 4. The predicted octanol–water partition coefficient (Wildman–Crippen LogP) is 2.62. The molecule has 5 nitrogen and oxygen atoms in total. The summed E-state index contributed by atoms with van der Waals surface area (Å²) < 4.78 is 33.6. The van der Waals surface area contributed by atoms with Crippen LogP contribution in [0.5, 0.6) is 11.5 Å². The molecule has 1 N–H and O–H groups in total. The van der Waals surface area contributed by atoms with Gasteiger partial charge in [0.15, 0.2) is 11.5 Å². The van der Waals surface area contributed by atoms with Crippen molar-refractivity contribution in [3.63, 3.8) is 0 Å². The van der Waals surface area contributed by atoms with Gasteiger partial charge in [0.1, 0.15) is 0 Å². The molecular weight excluding hydrogens is 292 g/mol. The van der Waals surface area contributed by atoms with E-state index in [1.54, 1.807) is 0 Å². The average Bonchev–Trinajstić information content (AvgIpc) is 2.69. The fourth-order valence-corrected chi connectivity index (χ4v) is 2.22. The Labute approximate surface area is 116 Å². The van der Waals surface area contributed by atoms with E-state index in [1.807, 2.05) is 0 Å². The smallest absolute Gasteiger partial charge is 0.387 e. The topological polar surface area (TPSA) is 64.6 Å². The molecule has 1 fully saturated rings. The number of amides is 2. The van der Waals surface area contributed by atoms with E-state index in [-0.39, 0.29) is 16.4 Å². The molecule has 0 aliphatic carbocycles. The first-order valence-corrected chi connectivity index (χ1v) is 6.19. The van der Waals surface area contributed by atoms with E-state index in [9.17, 15) is 18.4 Å². The summed E-state index contributed by atoms with van der Waals surface area (Å²) in [6.45, 7) is -2.96. The summed E-state index contributed by atoms with van der Waals surface area (Å²) in [5, 5.41) is 1.66. The Balaban J connectivity index is 2.28. The second kappa shape index (κ2) is 5.91. The molecule has 0 saturated carbocycles. The number of halogens is 2. The monoisotopic (exact) mass is 301 g/mol. The molecule has 0 radical (unpaired) electrons. The van der Waals surface area contributed by atoms with E-state index in [0.29, 0.717) is 5.56 Å². The number of imide groups is 1. The Bertz CT molecular complexity index is 589. The van der Waals surface area contributed by atoms with Crippen molar-refractivity contribution in [2.45, 2.75) is 6.61 Å². The number of methoxy groups -OCH3 is 1. The number of benzene rings is 1. The maximum Gasteiger partial charge on any atom is 0.387 e. The van der Waals surface area contributed by atoms with E-state index in [2.05, 4.69) is 10.1 Å². The normalized spacial score (nSPS) is 16.7. The average molecular weight is 301 g/mol. The van der Waals surface area contributed by atoms with Crippen LogP contribution in [0.3, 0.4) is 0 Å². The standard InChI is InChI=1S/C12H9F2NO4S/c1-18-8-4-6(2-3-7(8)19-11(13)14)5-9-10(16)15-12(17)20-9/h2-5,11H,1H3,(H,15,16,17)/b9-5-. The van der Waals surface area contributed by atoms with Crippen LogP contribution in [0, 0.1) is 0 Å². The molecule has 0 aromatic heterocycles. The van der Waals surface area contributed by atoms with Crippen molar-refractivity contribution in [2.75, 3.05) is 7.11 Å². The number of carbonyl (C=O) groups excluding carboxylic acids is 2. The Morgan fingerprint density at radius 2 is 2.05 bits per heavy atom. The lowest BCUT2D eigenvalue weighted by atomic mass is 10.2. The Morgan fingerprint density at radius 1 is 1.30 bits per heavy atom. The zero-order valence-corrected chi connectivity index (χ0v) is 11.0. The summed E-state index contributed by atoms with van der Waals surface area (Å²) >= 11 is 0.766. The van der Waals surface area contributed by atoms with Crippen molar-refractivity contribution in [1.29, 1.82) is 0 Å². The van der Waals surface area contributed by atoms with Crippen molar-refractivity contribution in [3.05, 3.63) is 28.7 Å². The molecule has 0 bridgehead atoms. The van der Waals surface area contributed by atoms with Gasteiger partial charge in [-0.15, -0.1) is 0 Å². The Kier molecular flexibility index (Phi) is 4.23. The van der Waals surface area contributed by atoms with Crippen LogP contribution in [-0.2, 0) is 4.79 Å². The molecule has 20 heavy (non-hydrogen) atoms. The van der Waals surface area contributed by atoms with E-state index in [4.69, 9.17) is 4.74 Å². The molecule has 0 atom stereocenters. The lowest BCUT2D eigenvalue weighted by Gasteiger charge is -2.10. The van der Waals surface area contributed by atoms with Crippen molar-refractivity contribution < 1.29 is 27.8 Å². The quantitative estimate of drug-likeness (QED) is 0.866. The summed E-state index contributed by atoms with van der Waals surface area (Å²) in [4.78, 5) is 22.6. The molecule has 2 rings (SSSR count). The molecule has 8 heteroatoms. The fraction of sp³-hybridized carbons (Fsp3) is 0.167. The molecule has 106 valence electrons. The third-order valence-electron chi connectivity index (χ3n) is 2.34. The number of carbonyl (C=O) groups is 2. The molecule has 1 aliphatic heterocycles. The zero-order chi connectivity index (χ0) is 14.7. The molecule has 1 aliphatic rings. The predicted molar refractivity (Wildman–Crippen MR) is 68.7 cm³/mol. The van der Waals surface area contributed by atoms with Gasteiger partial charge in [-0.1, -0.05) is 6.07 Å². The molecule has 1 saturated heterocycles. The molecule has 1 aromatic rings. The first-order valence-electron chi connectivity index (χ1n) is 5.37. The lowest BCUT2D eigenvalue weighted by Crippen LogP contribution is -2.17. The number of alkyl halides is 2. The molecule has 1 aromatic carbocycles. The van der Waals surface area contributed by atoms with Gasteiger partial charge in [-0.2, -0.15) is 8.78 Å². The molecule has 0 spiro atoms. The molecule has 2 amide bonds. The SMILES string of the molecule is COc1cc(/C=C2\SC(=O)NC2=O)ccc1OC(F)F. The highest BCUT2D eigenvalue weighted by atomic mass is 32.2. The first-order chi connectivity index (χ1) is 9.49. The zero-order valence-electron chi connectivity index (χ0n) is 10.2. The summed E-state index contributed by atoms with van der Waals surface area (Å²) in [7, 11) is 1.31. The third-order valence-corrected chi connectivity index (χ3v) is 3.15. The van der Waals surface area contributed by atoms with E-state index >= 15 is 0 Å². The van der Waals surface area contributed by atoms with Crippen LogP contribution in [0.1, 0.15) is 5.56 Å². The van der Waals surface area contributed by atoms with Crippen LogP contribution < -0.4 is 14.8 Å². The highest BCUT2D eigenvalue weighted by Crippen LogP contribution is 2.32. The van der Waals surface area contributed by atoms with Gasteiger partial charge in [-0.05, 0) is 35.5 Å². The van der Waals surface area contributed by atoms with Crippen molar-refractivity contribution in [2.24, 2.45) is 0 Å². The van der Waals surface area contributed by atoms with Gasteiger partial charge in [-0.25, -0.2) is 0 Å². The van der Waals surface area contributed by atoms with Gasteiger partial charge in [0, 0.05) is 0 Å². The minimum Gasteiger partial charge on any atom is -0.493 e. The molecular formula is C12H9F2NO4S. The minimum absolute atomic E-state index is 0.106. The molecule has 0 unspecified atom stereocenters. The van der Waals surface area contributed by atoms with Crippen LogP contribution >= 0.6 is 11.8 Å². The highest BCUT2D eigenvalue weighted by Gasteiger charge is 2.25. The second-order valence-corrected chi connectivity index (χ2v) is 4.66. The van der Waals surface area contributed by atoms with Gasteiger partial charge in [0.05, 0.1) is 12.0 Å². The summed E-state index contributed by atoms with van der Waals surface area (Å²) in [5.74, 6) is -0.495. The Morgan fingerprint density at radius 3 is 2.60 bits per heavy atom. The van der Waals surface area contributed by atoms with Crippen LogP contribution in [-0.4, -0.2) is 24.9 Å². The minimum atomic E-state index is -2.96. The van der Waals surface area contributed by atoms with Crippen molar-refractivity contribution in [1.82, 2.24) is 5.32 Å². The Hall–Kier alpha value is -2.09. The summed E-state index contributed by atoms with van der Waals surface area (Å²) in [6, 6.07) is 4.21. The number of ether oxygens (including phenoxy) is 2. The van der Waals surface area contributed by atoms with E-state index in [0.717, 1.165) is 11.8 Å². The maximum absolute atomic E-state index is 12.2. The van der Waals surface area contributed by atoms with Crippen molar-refractivity contribution in [3.8, 4) is 11.5 Å². The first kappa shape index (κ1) is 14.3. The summed E-state index contributed by atoms with van der Waals surface area (Å²) in [6.07, 6.45) is 1.46. The second-order valence-electron chi connectivity index (χ2n) is 3.64. The number of hydrogen-bond acceptors (Lipinski definition) is 5. The van der Waals surface area contributed by atoms with Gasteiger partial charge < -0.3 is 9.47 Å². The van der Waals surface area contributed by atoms with E-state index < -0.39 is 17.8 Å². The van der Waals surface area contributed by atoms with Crippen LogP contribution in [0.25, 0.3) is 6.08 Å². The van der Waals surface area contributed by atoms with Crippen LogP contribution in [0.2, 0.25) is 0 Å². The number of thioether (sulfide) groups is 1. The number of nitrogens with one attached hydrogen (secondary N) is 1. The largest absolute Gasteiger partial charge is 0.493 e. The third kappa shape index (κ3) is 3.27. The van der Waals surface area contributed by atoms with Gasteiger partial charge in [-0.3, -0.25) is 14.9 Å². The van der Waals surface area contributed by atoms with Crippen LogP contribution in [0.15, 0.2) is 23.1 Å². The van der Waals surface area contributed by atoms with E-state index in [1.165, 1.54) is 31.4 Å². The maximum atomic E-state index is 12.2. The van der Waals surface area contributed by atoms with Gasteiger partial charge in [0.25, 0.3) is 11.1 Å². The highest BCUT2D eigenvalue weighted by molar-refractivity contribution is 8.18. The number of hydrogen-bond donors (Lipinski definition) is 1. The van der Waals surface area contributed by atoms with Gasteiger partial charge >= 0.3 is 6.61 Å². The molecule has 1 heterocycles.